The maximum Gasteiger partial charge on any atom is 0.229 e. The third-order valence-corrected chi connectivity index (χ3v) is 4.14. The number of nitrogens with one attached hydrogen (secondary N) is 1. The Morgan fingerprint density at radius 3 is 2.96 bits per heavy atom. The van der Waals surface area contributed by atoms with Crippen molar-refractivity contribution in [3.8, 4) is 6.07 Å². The number of para-hydroxylation sites is 1. The first-order chi connectivity index (χ1) is 11.2. The number of anilines is 2. The zero-order valence-corrected chi connectivity index (χ0v) is 13.1. The van der Waals surface area contributed by atoms with Gasteiger partial charge in [-0.05, 0) is 43.2 Å². The Labute approximate surface area is 136 Å². The SMILES string of the molecule is CC1Cc2ccccc2N1C(=O)CCNc1cccc(C#N)c1. The van der Waals surface area contributed by atoms with Crippen LogP contribution in [0.2, 0.25) is 0 Å². The largest absolute Gasteiger partial charge is 0.384 e. The summed E-state index contributed by atoms with van der Waals surface area (Å²) in [6.45, 7) is 2.64. The molecule has 1 heterocycles. The van der Waals surface area contributed by atoms with E-state index in [0.717, 1.165) is 17.8 Å². The minimum absolute atomic E-state index is 0.131. The van der Waals surface area contributed by atoms with Gasteiger partial charge in [0.2, 0.25) is 5.91 Å². The average Bonchev–Trinajstić information content (AvgIpc) is 2.90. The zero-order chi connectivity index (χ0) is 16.2. The van der Waals surface area contributed by atoms with Gasteiger partial charge in [0.1, 0.15) is 0 Å². The molecular formula is C19H19N3O. The van der Waals surface area contributed by atoms with Gasteiger partial charge in [-0.1, -0.05) is 24.3 Å². The summed E-state index contributed by atoms with van der Waals surface area (Å²) < 4.78 is 0. The van der Waals surface area contributed by atoms with Crippen LogP contribution in [0.15, 0.2) is 48.5 Å². The highest BCUT2D eigenvalue weighted by Crippen LogP contribution is 2.32. The van der Waals surface area contributed by atoms with Crippen molar-refractivity contribution in [1.29, 1.82) is 5.26 Å². The second-order valence-electron chi connectivity index (χ2n) is 5.81. The van der Waals surface area contributed by atoms with Gasteiger partial charge in [-0.25, -0.2) is 0 Å². The third kappa shape index (κ3) is 3.19. The van der Waals surface area contributed by atoms with E-state index in [1.807, 2.05) is 35.2 Å². The lowest BCUT2D eigenvalue weighted by atomic mass is 10.1. The van der Waals surface area contributed by atoms with E-state index in [9.17, 15) is 4.79 Å². The quantitative estimate of drug-likeness (QED) is 0.942. The Balaban J connectivity index is 1.61. The fourth-order valence-electron chi connectivity index (χ4n) is 3.08. The third-order valence-electron chi connectivity index (χ3n) is 4.14. The summed E-state index contributed by atoms with van der Waals surface area (Å²) in [6, 6.07) is 17.7. The van der Waals surface area contributed by atoms with Crippen LogP contribution in [0.25, 0.3) is 0 Å². The summed E-state index contributed by atoms with van der Waals surface area (Å²) in [5.74, 6) is 0.131. The second kappa shape index (κ2) is 6.53. The number of amides is 1. The van der Waals surface area contributed by atoms with Crippen LogP contribution in [0.4, 0.5) is 11.4 Å². The lowest BCUT2D eigenvalue weighted by molar-refractivity contribution is -0.118. The van der Waals surface area contributed by atoms with Gasteiger partial charge in [-0.3, -0.25) is 4.79 Å². The maximum absolute atomic E-state index is 12.6. The van der Waals surface area contributed by atoms with Crippen LogP contribution >= 0.6 is 0 Å². The topological polar surface area (TPSA) is 56.1 Å². The summed E-state index contributed by atoms with van der Waals surface area (Å²) in [5.41, 5.74) is 3.76. The Hall–Kier alpha value is -2.80. The van der Waals surface area contributed by atoms with Gasteiger partial charge in [-0.2, -0.15) is 5.26 Å². The second-order valence-corrected chi connectivity index (χ2v) is 5.81. The molecule has 0 aromatic heterocycles. The number of nitriles is 1. The number of hydrogen-bond acceptors (Lipinski definition) is 3. The minimum atomic E-state index is 0.131. The van der Waals surface area contributed by atoms with Crippen molar-refractivity contribution in [2.75, 3.05) is 16.8 Å². The lowest BCUT2D eigenvalue weighted by Crippen LogP contribution is -2.36. The van der Waals surface area contributed by atoms with Gasteiger partial charge >= 0.3 is 0 Å². The molecule has 1 atom stereocenters. The Morgan fingerprint density at radius 1 is 1.30 bits per heavy atom. The summed E-state index contributed by atoms with van der Waals surface area (Å²) in [7, 11) is 0. The molecule has 2 aromatic carbocycles. The molecule has 0 saturated heterocycles. The molecule has 0 spiro atoms. The molecule has 0 radical (unpaired) electrons. The summed E-state index contributed by atoms with van der Waals surface area (Å²) in [6.07, 6.45) is 1.34. The first-order valence-electron chi connectivity index (χ1n) is 7.83. The number of fused-ring (bicyclic) bond motifs is 1. The first kappa shape index (κ1) is 15.1. The number of carbonyl (C=O) groups is 1. The molecule has 1 aliphatic heterocycles. The molecule has 0 aliphatic carbocycles. The number of benzene rings is 2. The van der Waals surface area contributed by atoms with E-state index < -0.39 is 0 Å². The van der Waals surface area contributed by atoms with E-state index in [1.165, 1.54) is 5.56 Å². The molecule has 1 aliphatic rings. The molecule has 3 rings (SSSR count). The monoisotopic (exact) mass is 305 g/mol. The van der Waals surface area contributed by atoms with Gasteiger partial charge in [0, 0.05) is 30.4 Å². The van der Waals surface area contributed by atoms with Crippen molar-refractivity contribution in [3.05, 3.63) is 59.7 Å². The van der Waals surface area contributed by atoms with E-state index in [0.29, 0.717) is 18.5 Å². The Bertz CT molecular complexity index is 763. The molecule has 0 fully saturated rings. The fraction of sp³-hybridized carbons (Fsp3) is 0.263. The van der Waals surface area contributed by atoms with E-state index in [4.69, 9.17) is 5.26 Å². The maximum atomic E-state index is 12.6. The van der Waals surface area contributed by atoms with E-state index in [1.54, 1.807) is 12.1 Å². The van der Waals surface area contributed by atoms with Gasteiger partial charge in [-0.15, -0.1) is 0 Å². The van der Waals surface area contributed by atoms with Crippen molar-refractivity contribution in [3.63, 3.8) is 0 Å². The van der Waals surface area contributed by atoms with Gasteiger partial charge < -0.3 is 10.2 Å². The molecule has 1 unspecified atom stereocenters. The summed E-state index contributed by atoms with van der Waals surface area (Å²) in [5, 5.41) is 12.1. The normalized spacial score (nSPS) is 15.8. The number of hydrogen-bond donors (Lipinski definition) is 1. The standard InChI is InChI=1S/C19H19N3O/c1-14-11-16-6-2-3-8-18(16)22(14)19(23)9-10-21-17-7-4-5-15(12-17)13-20/h2-8,12,14,21H,9-11H2,1H3. The predicted molar refractivity (Wildman–Crippen MR) is 91.4 cm³/mol. The highest BCUT2D eigenvalue weighted by atomic mass is 16.2. The molecule has 116 valence electrons. The average molecular weight is 305 g/mol. The highest BCUT2D eigenvalue weighted by molar-refractivity contribution is 5.96. The van der Waals surface area contributed by atoms with E-state index in [-0.39, 0.29) is 11.9 Å². The van der Waals surface area contributed by atoms with Crippen LogP contribution in [0.1, 0.15) is 24.5 Å². The van der Waals surface area contributed by atoms with Crippen LogP contribution in [0.3, 0.4) is 0 Å². The number of carbonyl (C=O) groups excluding carboxylic acids is 1. The van der Waals surface area contributed by atoms with E-state index in [2.05, 4.69) is 24.4 Å². The van der Waals surface area contributed by atoms with Gasteiger partial charge in [0.15, 0.2) is 0 Å². The van der Waals surface area contributed by atoms with Crippen LogP contribution < -0.4 is 10.2 Å². The molecule has 1 N–H and O–H groups in total. The van der Waals surface area contributed by atoms with Crippen molar-refractivity contribution in [2.24, 2.45) is 0 Å². The molecule has 0 bridgehead atoms. The summed E-state index contributed by atoms with van der Waals surface area (Å²) in [4.78, 5) is 14.5. The van der Waals surface area contributed by atoms with Gasteiger partial charge in [0.05, 0.1) is 11.6 Å². The van der Waals surface area contributed by atoms with E-state index >= 15 is 0 Å². The predicted octanol–water partition coefficient (Wildman–Crippen LogP) is 3.34. The first-order valence-corrected chi connectivity index (χ1v) is 7.83. The number of nitrogens with zero attached hydrogens (tertiary/aromatic N) is 2. The number of rotatable bonds is 4. The Morgan fingerprint density at radius 2 is 2.13 bits per heavy atom. The van der Waals surface area contributed by atoms with Gasteiger partial charge in [0.25, 0.3) is 0 Å². The molecule has 4 nitrogen and oxygen atoms in total. The van der Waals surface area contributed by atoms with Crippen molar-refractivity contribution < 1.29 is 4.79 Å². The smallest absolute Gasteiger partial charge is 0.229 e. The molecule has 1 amide bonds. The highest BCUT2D eigenvalue weighted by Gasteiger charge is 2.29. The van der Waals surface area contributed by atoms with Crippen molar-refractivity contribution >= 4 is 17.3 Å². The van der Waals surface area contributed by atoms with Crippen molar-refractivity contribution in [1.82, 2.24) is 0 Å². The molecule has 2 aromatic rings. The molecule has 4 heteroatoms. The molecule has 23 heavy (non-hydrogen) atoms. The molecular weight excluding hydrogens is 286 g/mol. The van der Waals surface area contributed by atoms with Crippen LogP contribution in [0.5, 0.6) is 0 Å². The van der Waals surface area contributed by atoms with Crippen LogP contribution in [-0.4, -0.2) is 18.5 Å². The van der Waals surface area contributed by atoms with Crippen molar-refractivity contribution in [2.45, 2.75) is 25.8 Å². The zero-order valence-electron chi connectivity index (χ0n) is 13.1. The Kier molecular flexibility index (Phi) is 4.29. The molecule has 0 saturated carbocycles. The lowest BCUT2D eigenvalue weighted by Gasteiger charge is -2.23. The minimum Gasteiger partial charge on any atom is -0.384 e. The van der Waals surface area contributed by atoms with Crippen LogP contribution in [-0.2, 0) is 11.2 Å². The van der Waals surface area contributed by atoms with Crippen LogP contribution in [0, 0.1) is 11.3 Å². The fourth-order valence-corrected chi connectivity index (χ4v) is 3.08. The summed E-state index contributed by atoms with van der Waals surface area (Å²) >= 11 is 0.